The second kappa shape index (κ2) is 4.69. The third-order valence-corrected chi connectivity index (χ3v) is 3.76. The fraction of sp³-hybridized carbons (Fsp3) is 0.571. The van der Waals surface area contributed by atoms with Crippen LogP contribution in [0.2, 0.25) is 0 Å². The summed E-state index contributed by atoms with van der Waals surface area (Å²) in [5, 5.41) is 3.53. The van der Waals surface area contributed by atoms with Crippen molar-refractivity contribution in [3.63, 3.8) is 0 Å². The highest BCUT2D eigenvalue weighted by Gasteiger charge is 2.20. The number of nitrogens with one attached hydrogen (secondary N) is 1. The van der Waals surface area contributed by atoms with Gasteiger partial charge in [0, 0.05) is 31.4 Å². The van der Waals surface area contributed by atoms with Gasteiger partial charge < -0.3 is 19.7 Å². The first-order valence-corrected chi connectivity index (χ1v) is 6.59. The van der Waals surface area contributed by atoms with Gasteiger partial charge in [-0.05, 0) is 37.9 Å². The van der Waals surface area contributed by atoms with Crippen LogP contribution in [-0.4, -0.2) is 33.0 Å². The van der Waals surface area contributed by atoms with Crippen molar-refractivity contribution in [2.75, 3.05) is 31.8 Å². The molecule has 0 spiro atoms. The molecule has 1 aromatic rings. The number of hydrogen-bond acceptors (Lipinski definition) is 4. The predicted molar refractivity (Wildman–Crippen MR) is 71.6 cm³/mol. The van der Waals surface area contributed by atoms with Crippen molar-refractivity contribution in [3.05, 3.63) is 17.7 Å². The Labute approximate surface area is 108 Å². The number of rotatable bonds is 3. The maximum absolute atomic E-state index is 5.45. The molecule has 1 fully saturated rings. The molecule has 4 heteroatoms. The van der Waals surface area contributed by atoms with Crippen molar-refractivity contribution in [1.29, 1.82) is 0 Å². The number of fused-ring (bicyclic) bond motifs is 1. The van der Waals surface area contributed by atoms with E-state index in [1.807, 2.05) is 0 Å². The maximum Gasteiger partial charge on any atom is 0.231 e. The molecule has 0 aliphatic carbocycles. The van der Waals surface area contributed by atoms with Crippen LogP contribution in [0.3, 0.4) is 0 Å². The molecule has 1 unspecified atom stereocenters. The van der Waals surface area contributed by atoms with Crippen LogP contribution in [0.5, 0.6) is 11.5 Å². The lowest BCUT2D eigenvalue weighted by Crippen LogP contribution is -2.35. The number of benzene rings is 1. The molecule has 0 amide bonds. The Kier molecular flexibility index (Phi) is 3.04. The van der Waals surface area contributed by atoms with Gasteiger partial charge in [-0.25, -0.2) is 0 Å². The normalized spacial score (nSPS) is 21.3. The SMILES string of the molecule is Cc1cc2c(cc1N(C)CC1CCCN1)OCO2. The van der Waals surface area contributed by atoms with E-state index in [1.54, 1.807) is 0 Å². The van der Waals surface area contributed by atoms with Crippen LogP contribution >= 0.6 is 0 Å². The minimum atomic E-state index is 0.339. The van der Waals surface area contributed by atoms with Crippen LogP contribution in [-0.2, 0) is 0 Å². The van der Waals surface area contributed by atoms with E-state index in [2.05, 4.69) is 36.3 Å². The summed E-state index contributed by atoms with van der Waals surface area (Å²) in [7, 11) is 2.14. The molecule has 3 rings (SSSR count). The lowest BCUT2D eigenvalue weighted by atomic mass is 10.1. The van der Waals surface area contributed by atoms with E-state index in [4.69, 9.17) is 9.47 Å². The van der Waals surface area contributed by atoms with E-state index in [1.165, 1.54) is 24.1 Å². The minimum absolute atomic E-state index is 0.339. The zero-order valence-corrected chi connectivity index (χ0v) is 11.0. The first-order valence-electron chi connectivity index (χ1n) is 6.59. The molecule has 2 aliphatic rings. The van der Waals surface area contributed by atoms with E-state index in [0.29, 0.717) is 12.8 Å². The molecule has 98 valence electrons. The van der Waals surface area contributed by atoms with Crippen LogP contribution in [0, 0.1) is 6.92 Å². The van der Waals surface area contributed by atoms with Crippen LogP contribution in [0.15, 0.2) is 12.1 Å². The fourth-order valence-electron chi connectivity index (χ4n) is 2.79. The lowest BCUT2D eigenvalue weighted by Gasteiger charge is -2.25. The maximum atomic E-state index is 5.45. The van der Waals surface area contributed by atoms with Gasteiger partial charge in [-0.15, -0.1) is 0 Å². The highest BCUT2D eigenvalue weighted by molar-refractivity contribution is 5.62. The van der Waals surface area contributed by atoms with E-state index in [0.717, 1.165) is 24.6 Å². The van der Waals surface area contributed by atoms with Gasteiger partial charge in [0.2, 0.25) is 6.79 Å². The van der Waals surface area contributed by atoms with Gasteiger partial charge in [0.15, 0.2) is 11.5 Å². The predicted octanol–water partition coefficient (Wildman–Crippen LogP) is 1.91. The Morgan fingerprint density at radius 1 is 1.33 bits per heavy atom. The molecule has 18 heavy (non-hydrogen) atoms. The molecule has 1 aromatic carbocycles. The quantitative estimate of drug-likeness (QED) is 0.886. The van der Waals surface area contributed by atoms with Crippen molar-refractivity contribution in [1.82, 2.24) is 5.32 Å². The average Bonchev–Trinajstić information content (AvgIpc) is 2.98. The molecular weight excluding hydrogens is 228 g/mol. The van der Waals surface area contributed by atoms with Gasteiger partial charge in [0.25, 0.3) is 0 Å². The van der Waals surface area contributed by atoms with Crippen molar-refractivity contribution in [2.24, 2.45) is 0 Å². The first-order chi connectivity index (χ1) is 8.74. The Morgan fingerprint density at radius 2 is 2.11 bits per heavy atom. The Hall–Kier alpha value is -1.42. The van der Waals surface area contributed by atoms with Crippen LogP contribution in [0.1, 0.15) is 18.4 Å². The number of likely N-dealkylation sites (N-methyl/N-ethyl adjacent to an activating group) is 1. The third kappa shape index (κ3) is 2.12. The topological polar surface area (TPSA) is 33.7 Å². The molecule has 0 radical (unpaired) electrons. The number of anilines is 1. The Morgan fingerprint density at radius 3 is 2.83 bits per heavy atom. The molecular formula is C14H20N2O2. The number of nitrogens with zero attached hydrogens (tertiary/aromatic N) is 1. The summed E-state index contributed by atoms with van der Waals surface area (Å²) < 4.78 is 10.8. The highest BCUT2D eigenvalue weighted by atomic mass is 16.7. The number of hydrogen-bond donors (Lipinski definition) is 1. The van der Waals surface area contributed by atoms with E-state index in [-0.39, 0.29) is 0 Å². The second-order valence-corrected chi connectivity index (χ2v) is 5.17. The summed E-state index contributed by atoms with van der Waals surface area (Å²) in [6, 6.07) is 4.77. The van der Waals surface area contributed by atoms with E-state index >= 15 is 0 Å². The average molecular weight is 248 g/mol. The number of ether oxygens (including phenoxy) is 2. The fourth-order valence-corrected chi connectivity index (χ4v) is 2.79. The summed E-state index contributed by atoms with van der Waals surface area (Å²) >= 11 is 0. The summed E-state index contributed by atoms with van der Waals surface area (Å²) in [6.45, 7) is 4.65. The van der Waals surface area contributed by atoms with Gasteiger partial charge in [-0.1, -0.05) is 0 Å². The van der Waals surface area contributed by atoms with Gasteiger partial charge >= 0.3 is 0 Å². The van der Waals surface area contributed by atoms with Crippen LogP contribution in [0.25, 0.3) is 0 Å². The first kappa shape index (κ1) is 11.7. The monoisotopic (exact) mass is 248 g/mol. The molecule has 0 bridgehead atoms. The van der Waals surface area contributed by atoms with E-state index < -0.39 is 0 Å². The standard InChI is InChI=1S/C14H20N2O2/c1-10-6-13-14(18-9-17-13)7-12(10)16(2)8-11-4-3-5-15-11/h6-7,11,15H,3-5,8-9H2,1-2H3. The van der Waals surface area contributed by atoms with Gasteiger partial charge in [0.1, 0.15) is 0 Å². The molecule has 0 saturated carbocycles. The molecule has 0 aromatic heterocycles. The van der Waals surface area contributed by atoms with Gasteiger partial charge in [-0.3, -0.25) is 0 Å². The smallest absolute Gasteiger partial charge is 0.231 e. The van der Waals surface area contributed by atoms with Crippen molar-refractivity contribution >= 4 is 5.69 Å². The number of aryl methyl sites for hydroxylation is 1. The lowest BCUT2D eigenvalue weighted by molar-refractivity contribution is 0.174. The van der Waals surface area contributed by atoms with Crippen LogP contribution < -0.4 is 19.7 Å². The minimum Gasteiger partial charge on any atom is -0.454 e. The molecule has 2 heterocycles. The van der Waals surface area contributed by atoms with Gasteiger partial charge in [-0.2, -0.15) is 0 Å². The highest BCUT2D eigenvalue weighted by Crippen LogP contribution is 2.37. The zero-order chi connectivity index (χ0) is 12.5. The summed E-state index contributed by atoms with van der Waals surface area (Å²) in [5.74, 6) is 1.73. The third-order valence-electron chi connectivity index (χ3n) is 3.76. The zero-order valence-electron chi connectivity index (χ0n) is 11.0. The molecule has 1 atom stereocenters. The molecule has 1 N–H and O–H groups in total. The second-order valence-electron chi connectivity index (χ2n) is 5.17. The molecule has 2 aliphatic heterocycles. The summed E-state index contributed by atoms with van der Waals surface area (Å²) in [6.07, 6.45) is 2.56. The Balaban J connectivity index is 1.78. The Bertz CT molecular complexity index is 442. The van der Waals surface area contributed by atoms with Crippen molar-refractivity contribution < 1.29 is 9.47 Å². The van der Waals surface area contributed by atoms with Crippen molar-refractivity contribution in [3.8, 4) is 11.5 Å². The largest absolute Gasteiger partial charge is 0.454 e. The van der Waals surface area contributed by atoms with E-state index in [9.17, 15) is 0 Å². The summed E-state index contributed by atoms with van der Waals surface area (Å²) in [4.78, 5) is 2.31. The molecule has 1 saturated heterocycles. The molecule has 4 nitrogen and oxygen atoms in total. The van der Waals surface area contributed by atoms with Crippen molar-refractivity contribution in [2.45, 2.75) is 25.8 Å². The van der Waals surface area contributed by atoms with Gasteiger partial charge in [0.05, 0.1) is 0 Å². The summed E-state index contributed by atoms with van der Waals surface area (Å²) in [5.41, 5.74) is 2.47. The van der Waals surface area contributed by atoms with Crippen LogP contribution in [0.4, 0.5) is 5.69 Å².